The highest BCUT2D eigenvalue weighted by atomic mass is 35.5. The second-order valence-corrected chi connectivity index (χ2v) is 2.17. The summed E-state index contributed by atoms with van der Waals surface area (Å²) in [6, 6.07) is 1.27. The molecule has 0 aliphatic carbocycles. The Morgan fingerprint density at radius 2 is 2.27 bits per heavy atom. The summed E-state index contributed by atoms with van der Waals surface area (Å²) < 4.78 is 12.4. The van der Waals surface area contributed by atoms with Gasteiger partial charge < -0.3 is 5.73 Å². The number of halogens is 3. The maximum Gasteiger partial charge on any atom is 0.141 e. The van der Waals surface area contributed by atoms with Crippen LogP contribution in [-0.4, -0.2) is 4.98 Å². The van der Waals surface area contributed by atoms with Gasteiger partial charge in [-0.05, 0) is 6.07 Å². The van der Waals surface area contributed by atoms with Crippen LogP contribution >= 0.6 is 24.0 Å². The molecule has 62 valence electrons. The van der Waals surface area contributed by atoms with Crippen LogP contribution in [0.2, 0.25) is 5.15 Å². The highest BCUT2D eigenvalue weighted by Crippen LogP contribution is 2.11. The van der Waals surface area contributed by atoms with E-state index < -0.39 is 5.82 Å². The van der Waals surface area contributed by atoms with Crippen molar-refractivity contribution in [2.75, 3.05) is 0 Å². The van der Waals surface area contributed by atoms with E-state index in [1.54, 1.807) is 0 Å². The van der Waals surface area contributed by atoms with Crippen LogP contribution in [0.25, 0.3) is 0 Å². The van der Waals surface area contributed by atoms with E-state index in [0.29, 0.717) is 5.56 Å². The molecular weight excluding hydrogens is 190 g/mol. The first kappa shape index (κ1) is 10.6. The minimum absolute atomic E-state index is 0. The van der Waals surface area contributed by atoms with Crippen LogP contribution in [0, 0.1) is 5.82 Å². The Morgan fingerprint density at radius 3 is 2.73 bits per heavy atom. The first-order chi connectivity index (χ1) is 4.74. The predicted molar refractivity (Wildman–Crippen MR) is 44.3 cm³/mol. The minimum Gasteiger partial charge on any atom is -0.326 e. The van der Waals surface area contributed by atoms with Gasteiger partial charge in [0.2, 0.25) is 0 Å². The van der Waals surface area contributed by atoms with Gasteiger partial charge in [0.15, 0.2) is 0 Å². The normalized spacial score (nSPS) is 9.00. The van der Waals surface area contributed by atoms with Crippen molar-refractivity contribution in [3.63, 3.8) is 0 Å². The summed E-state index contributed by atoms with van der Waals surface area (Å²) >= 11 is 5.54. The van der Waals surface area contributed by atoms with Crippen LogP contribution in [0.15, 0.2) is 12.3 Å². The molecule has 0 aliphatic rings. The molecular formula is C6H7Cl2FN2. The third-order valence-electron chi connectivity index (χ3n) is 1.10. The molecule has 0 atom stereocenters. The lowest BCUT2D eigenvalue weighted by atomic mass is 10.3. The Bertz CT molecular complexity index is 242. The zero-order chi connectivity index (χ0) is 7.56. The van der Waals surface area contributed by atoms with Crippen LogP contribution in [0.4, 0.5) is 4.39 Å². The monoisotopic (exact) mass is 196 g/mol. The third-order valence-corrected chi connectivity index (χ3v) is 1.44. The molecule has 0 saturated carbocycles. The van der Waals surface area contributed by atoms with Crippen LogP contribution in [0.3, 0.4) is 0 Å². The van der Waals surface area contributed by atoms with Crippen molar-refractivity contribution in [3.8, 4) is 0 Å². The first-order valence-corrected chi connectivity index (χ1v) is 3.12. The molecule has 1 rings (SSSR count). The number of nitrogens with two attached hydrogens (primary N) is 1. The van der Waals surface area contributed by atoms with E-state index in [9.17, 15) is 4.39 Å². The quantitative estimate of drug-likeness (QED) is 0.696. The van der Waals surface area contributed by atoms with Gasteiger partial charge in [0.25, 0.3) is 0 Å². The average Bonchev–Trinajstić information content (AvgIpc) is 1.94. The largest absolute Gasteiger partial charge is 0.326 e. The number of pyridine rings is 1. The summed E-state index contributed by atoms with van der Waals surface area (Å²) in [4.78, 5) is 3.56. The van der Waals surface area contributed by atoms with Crippen LogP contribution < -0.4 is 5.73 Å². The molecule has 2 nitrogen and oxygen atoms in total. The molecule has 1 aromatic rings. The van der Waals surface area contributed by atoms with E-state index >= 15 is 0 Å². The van der Waals surface area contributed by atoms with Crippen molar-refractivity contribution in [1.82, 2.24) is 4.98 Å². The van der Waals surface area contributed by atoms with Crippen molar-refractivity contribution < 1.29 is 4.39 Å². The third kappa shape index (κ3) is 2.61. The molecule has 0 aliphatic heterocycles. The van der Waals surface area contributed by atoms with Crippen LogP contribution in [0.1, 0.15) is 5.56 Å². The Hall–Kier alpha value is -0.380. The van der Waals surface area contributed by atoms with Gasteiger partial charge >= 0.3 is 0 Å². The van der Waals surface area contributed by atoms with E-state index in [1.165, 1.54) is 6.07 Å². The van der Waals surface area contributed by atoms with Crippen molar-refractivity contribution in [3.05, 3.63) is 28.8 Å². The molecule has 1 heterocycles. The van der Waals surface area contributed by atoms with Gasteiger partial charge in [-0.3, -0.25) is 0 Å². The first-order valence-electron chi connectivity index (χ1n) is 2.74. The maximum absolute atomic E-state index is 12.4. The lowest BCUT2D eigenvalue weighted by Gasteiger charge is -1.97. The van der Waals surface area contributed by atoms with E-state index in [-0.39, 0.29) is 24.1 Å². The number of rotatable bonds is 1. The van der Waals surface area contributed by atoms with E-state index in [2.05, 4.69) is 4.98 Å². The van der Waals surface area contributed by atoms with Gasteiger partial charge in [0.05, 0.1) is 6.20 Å². The summed E-state index contributed by atoms with van der Waals surface area (Å²) in [5.41, 5.74) is 5.76. The van der Waals surface area contributed by atoms with Crippen molar-refractivity contribution in [1.29, 1.82) is 0 Å². The molecule has 0 amide bonds. The fraction of sp³-hybridized carbons (Fsp3) is 0.167. The molecule has 0 fully saturated rings. The zero-order valence-corrected chi connectivity index (χ0v) is 7.12. The molecule has 2 N–H and O–H groups in total. The Balaban J connectivity index is 0.000001000. The molecule has 5 heteroatoms. The molecule has 1 aromatic heterocycles. The second-order valence-electron chi connectivity index (χ2n) is 1.81. The van der Waals surface area contributed by atoms with Crippen molar-refractivity contribution >= 4 is 24.0 Å². The number of nitrogens with zero attached hydrogens (tertiary/aromatic N) is 1. The highest BCUT2D eigenvalue weighted by molar-refractivity contribution is 6.30. The average molecular weight is 197 g/mol. The minimum atomic E-state index is -0.412. The smallest absolute Gasteiger partial charge is 0.141 e. The van der Waals surface area contributed by atoms with Gasteiger partial charge in [-0.25, -0.2) is 9.37 Å². The topological polar surface area (TPSA) is 38.9 Å². The molecule has 0 spiro atoms. The van der Waals surface area contributed by atoms with Crippen LogP contribution in [0.5, 0.6) is 0 Å². The highest BCUT2D eigenvalue weighted by Gasteiger charge is 1.99. The molecule has 0 aromatic carbocycles. The lowest BCUT2D eigenvalue weighted by Crippen LogP contribution is -1.98. The maximum atomic E-state index is 12.4. The van der Waals surface area contributed by atoms with Gasteiger partial charge in [-0.2, -0.15) is 0 Å². The lowest BCUT2D eigenvalue weighted by molar-refractivity contribution is 0.618. The summed E-state index contributed by atoms with van der Waals surface area (Å²) in [7, 11) is 0. The Kier molecular flexibility index (Phi) is 4.33. The predicted octanol–water partition coefficient (Wildman–Crippen LogP) is 1.75. The molecule has 0 saturated heterocycles. The fourth-order valence-corrected chi connectivity index (χ4v) is 0.788. The van der Waals surface area contributed by atoms with Gasteiger partial charge in [0, 0.05) is 12.1 Å². The van der Waals surface area contributed by atoms with E-state index in [4.69, 9.17) is 17.3 Å². The molecule has 11 heavy (non-hydrogen) atoms. The van der Waals surface area contributed by atoms with Crippen molar-refractivity contribution in [2.45, 2.75) is 6.54 Å². The van der Waals surface area contributed by atoms with Gasteiger partial charge in [-0.15, -0.1) is 12.4 Å². The second kappa shape index (κ2) is 4.49. The summed E-state index contributed by atoms with van der Waals surface area (Å²) in [6.45, 7) is 0.212. The Labute approximate surface area is 75.0 Å². The molecule has 0 unspecified atom stereocenters. The van der Waals surface area contributed by atoms with Crippen LogP contribution in [-0.2, 0) is 6.54 Å². The summed E-state index contributed by atoms with van der Waals surface area (Å²) in [5.74, 6) is -0.412. The summed E-state index contributed by atoms with van der Waals surface area (Å²) in [6.07, 6.45) is 1.06. The van der Waals surface area contributed by atoms with E-state index in [0.717, 1.165) is 6.20 Å². The number of hydrogen-bond acceptors (Lipinski definition) is 2. The van der Waals surface area contributed by atoms with Gasteiger partial charge in [0.1, 0.15) is 11.0 Å². The molecule has 0 bridgehead atoms. The summed E-state index contributed by atoms with van der Waals surface area (Å²) in [5, 5.41) is 0.268. The number of aromatic nitrogens is 1. The SMILES string of the molecule is Cl.NCc1cc(F)cnc1Cl. The molecule has 0 radical (unpaired) electrons. The number of hydrogen-bond donors (Lipinski definition) is 1. The Morgan fingerprint density at radius 1 is 1.64 bits per heavy atom. The van der Waals surface area contributed by atoms with Crippen molar-refractivity contribution in [2.24, 2.45) is 5.73 Å². The van der Waals surface area contributed by atoms with E-state index in [1.807, 2.05) is 0 Å². The standard InChI is InChI=1S/C6H6ClFN2.ClH/c7-6-4(2-9)1-5(8)3-10-6;/h1,3H,2,9H2;1H. The zero-order valence-electron chi connectivity index (χ0n) is 5.55. The van der Waals surface area contributed by atoms with Gasteiger partial charge in [-0.1, -0.05) is 11.6 Å². The fourth-order valence-electron chi connectivity index (χ4n) is 0.608.